The first-order valence-electron chi connectivity index (χ1n) is 5.85. The van der Waals surface area contributed by atoms with E-state index < -0.39 is 0 Å². The fourth-order valence-corrected chi connectivity index (χ4v) is 2.56. The van der Waals surface area contributed by atoms with E-state index >= 15 is 0 Å². The Labute approximate surface area is 124 Å². The number of carbonyl (C=O) groups is 1. The molecule has 1 heterocycles. The van der Waals surface area contributed by atoms with Crippen molar-refractivity contribution in [1.82, 2.24) is 0 Å². The number of anilines is 1. The first-order chi connectivity index (χ1) is 9.54. The van der Waals surface area contributed by atoms with Crippen LogP contribution in [-0.4, -0.2) is 19.5 Å². The van der Waals surface area contributed by atoms with Gasteiger partial charge in [-0.25, -0.2) is 0 Å². The van der Waals surface area contributed by atoms with Crippen LogP contribution in [0.1, 0.15) is 21.7 Å². The number of aldehydes is 1. The quantitative estimate of drug-likeness (QED) is 0.665. The first kappa shape index (κ1) is 14.3. The van der Waals surface area contributed by atoms with Crippen LogP contribution in [0.5, 0.6) is 0 Å². The number of nitrogen functional groups attached to an aromatic ring is 1. The molecule has 0 atom stereocenters. The number of allylic oxidation sites excluding steroid dienone is 1. The van der Waals surface area contributed by atoms with E-state index in [1.54, 1.807) is 13.3 Å². The SMILES string of the molecule is CN=C/C(=C\N)c1cc2c(N)c(C=O)oc2c(Br)c1C. The van der Waals surface area contributed by atoms with Gasteiger partial charge in [0.25, 0.3) is 0 Å². The zero-order valence-corrected chi connectivity index (χ0v) is 12.7. The molecular formula is C14H14BrN3O2. The van der Waals surface area contributed by atoms with E-state index in [1.165, 1.54) is 6.20 Å². The van der Waals surface area contributed by atoms with Gasteiger partial charge in [-0.15, -0.1) is 0 Å². The number of halogens is 1. The molecule has 20 heavy (non-hydrogen) atoms. The summed E-state index contributed by atoms with van der Waals surface area (Å²) < 4.78 is 6.21. The fourth-order valence-electron chi connectivity index (χ4n) is 2.05. The number of carbonyl (C=O) groups excluding carboxylic acids is 1. The number of furan rings is 1. The van der Waals surface area contributed by atoms with E-state index in [9.17, 15) is 4.79 Å². The molecule has 1 aromatic carbocycles. The number of fused-ring (bicyclic) bond motifs is 1. The molecule has 0 radical (unpaired) electrons. The monoisotopic (exact) mass is 335 g/mol. The van der Waals surface area contributed by atoms with E-state index in [0.717, 1.165) is 21.2 Å². The maximum absolute atomic E-state index is 10.9. The third-order valence-electron chi connectivity index (χ3n) is 3.10. The maximum atomic E-state index is 10.9. The van der Waals surface area contributed by atoms with Crippen LogP contribution in [0.2, 0.25) is 0 Å². The Morgan fingerprint density at radius 2 is 2.20 bits per heavy atom. The van der Waals surface area contributed by atoms with Crippen molar-refractivity contribution in [3.8, 4) is 0 Å². The predicted octanol–water partition coefficient (Wildman–Crippen LogP) is 2.90. The van der Waals surface area contributed by atoms with Gasteiger partial charge in [0.1, 0.15) is 0 Å². The number of hydrogen-bond acceptors (Lipinski definition) is 5. The molecule has 0 aliphatic heterocycles. The molecule has 1 aromatic heterocycles. The predicted molar refractivity (Wildman–Crippen MR) is 85.0 cm³/mol. The topological polar surface area (TPSA) is 94.6 Å². The average Bonchev–Trinajstić information content (AvgIpc) is 2.77. The molecule has 104 valence electrons. The molecule has 4 N–H and O–H groups in total. The van der Waals surface area contributed by atoms with Crippen LogP contribution in [0.4, 0.5) is 5.69 Å². The van der Waals surface area contributed by atoms with Gasteiger partial charge < -0.3 is 15.9 Å². The molecule has 0 fully saturated rings. The maximum Gasteiger partial charge on any atom is 0.190 e. The van der Waals surface area contributed by atoms with Gasteiger partial charge >= 0.3 is 0 Å². The number of rotatable bonds is 3. The van der Waals surface area contributed by atoms with Gasteiger partial charge in [-0.05, 0) is 40.0 Å². The van der Waals surface area contributed by atoms with Gasteiger partial charge in [-0.2, -0.15) is 0 Å². The van der Waals surface area contributed by atoms with Crippen molar-refractivity contribution >= 4 is 50.7 Å². The highest BCUT2D eigenvalue weighted by atomic mass is 79.9. The molecule has 0 aliphatic carbocycles. The van der Waals surface area contributed by atoms with Crippen molar-refractivity contribution in [3.05, 3.63) is 33.6 Å². The molecule has 2 aromatic rings. The van der Waals surface area contributed by atoms with E-state index in [4.69, 9.17) is 15.9 Å². The Bertz CT molecular complexity index is 745. The zero-order chi connectivity index (χ0) is 14.9. The van der Waals surface area contributed by atoms with Crippen molar-refractivity contribution in [2.75, 3.05) is 12.8 Å². The van der Waals surface area contributed by atoms with Crippen LogP contribution in [0.3, 0.4) is 0 Å². The molecule has 2 rings (SSSR count). The molecule has 0 unspecified atom stereocenters. The van der Waals surface area contributed by atoms with Gasteiger partial charge in [-0.1, -0.05) is 0 Å². The number of nitrogens with two attached hydrogens (primary N) is 2. The normalized spacial score (nSPS) is 12.4. The molecule has 5 nitrogen and oxygen atoms in total. The second-order valence-electron chi connectivity index (χ2n) is 4.25. The lowest BCUT2D eigenvalue weighted by atomic mass is 9.99. The van der Waals surface area contributed by atoms with Crippen LogP contribution in [-0.2, 0) is 0 Å². The lowest BCUT2D eigenvalue weighted by molar-refractivity contribution is 0.110. The van der Waals surface area contributed by atoms with E-state index in [2.05, 4.69) is 20.9 Å². The Hall–Kier alpha value is -2.08. The molecule has 0 bridgehead atoms. The Morgan fingerprint density at radius 3 is 2.75 bits per heavy atom. The summed E-state index contributed by atoms with van der Waals surface area (Å²) in [4.78, 5) is 14.9. The van der Waals surface area contributed by atoms with E-state index in [0.29, 0.717) is 22.9 Å². The van der Waals surface area contributed by atoms with Crippen molar-refractivity contribution in [1.29, 1.82) is 0 Å². The second-order valence-corrected chi connectivity index (χ2v) is 5.04. The van der Waals surface area contributed by atoms with Gasteiger partial charge in [0, 0.05) is 30.4 Å². The Morgan fingerprint density at radius 1 is 1.50 bits per heavy atom. The number of nitrogens with zero attached hydrogens (tertiary/aromatic N) is 1. The molecule has 6 heteroatoms. The standard InChI is InChI=1S/C14H14BrN3O2/c1-7-9(8(4-16)5-18-2)3-10-13(17)11(6-19)20-14(10)12(7)15/h3-6H,16-17H2,1-2H3/b8-4+,18-5?. The lowest BCUT2D eigenvalue weighted by Gasteiger charge is -2.09. The first-order valence-corrected chi connectivity index (χ1v) is 6.65. The van der Waals surface area contributed by atoms with Crippen molar-refractivity contribution in [2.24, 2.45) is 10.7 Å². The Balaban J connectivity index is 2.85. The van der Waals surface area contributed by atoms with Crippen LogP contribution in [0.15, 0.2) is 26.1 Å². The minimum Gasteiger partial charge on any atom is -0.450 e. The highest BCUT2D eigenvalue weighted by Crippen LogP contribution is 2.38. The van der Waals surface area contributed by atoms with Gasteiger partial charge in [0.15, 0.2) is 17.6 Å². The summed E-state index contributed by atoms with van der Waals surface area (Å²) in [7, 11) is 1.67. The van der Waals surface area contributed by atoms with Crippen LogP contribution in [0, 0.1) is 6.92 Å². The summed E-state index contributed by atoms with van der Waals surface area (Å²) >= 11 is 3.48. The molecule has 0 spiro atoms. The average molecular weight is 336 g/mol. The number of benzene rings is 1. The molecule has 0 saturated heterocycles. The summed E-state index contributed by atoms with van der Waals surface area (Å²) in [5.41, 5.74) is 15.0. The second kappa shape index (κ2) is 5.50. The third kappa shape index (κ3) is 2.12. The highest BCUT2D eigenvalue weighted by molar-refractivity contribution is 9.10. The van der Waals surface area contributed by atoms with Crippen molar-refractivity contribution in [3.63, 3.8) is 0 Å². The van der Waals surface area contributed by atoms with Crippen molar-refractivity contribution in [2.45, 2.75) is 6.92 Å². The minimum atomic E-state index is 0.125. The summed E-state index contributed by atoms with van der Waals surface area (Å²) in [6.07, 6.45) is 3.74. The smallest absolute Gasteiger partial charge is 0.190 e. The summed E-state index contributed by atoms with van der Waals surface area (Å²) in [6, 6.07) is 1.85. The molecule has 0 amide bonds. The van der Waals surface area contributed by atoms with Crippen molar-refractivity contribution < 1.29 is 9.21 Å². The van der Waals surface area contributed by atoms with Crippen LogP contribution < -0.4 is 11.5 Å². The van der Waals surface area contributed by atoms with Crippen LogP contribution >= 0.6 is 15.9 Å². The summed E-state index contributed by atoms with van der Waals surface area (Å²) in [6.45, 7) is 1.92. The Kier molecular flexibility index (Phi) is 3.94. The number of hydrogen-bond donors (Lipinski definition) is 2. The van der Waals surface area contributed by atoms with Gasteiger partial charge in [-0.3, -0.25) is 9.79 Å². The zero-order valence-electron chi connectivity index (χ0n) is 11.1. The van der Waals surface area contributed by atoms with Gasteiger partial charge in [0.05, 0.1) is 10.2 Å². The molecule has 0 aliphatic rings. The van der Waals surface area contributed by atoms with E-state index in [1.807, 2.05) is 13.0 Å². The lowest BCUT2D eigenvalue weighted by Crippen LogP contribution is -1.96. The summed E-state index contributed by atoms with van der Waals surface area (Å²) in [5, 5.41) is 0.670. The third-order valence-corrected chi connectivity index (χ3v) is 4.05. The fraction of sp³-hybridized carbons (Fsp3) is 0.143. The summed E-state index contributed by atoms with van der Waals surface area (Å²) in [5.74, 6) is 0.125. The minimum absolute atomic E-state index is 0.125. The van der Waals surface area contributed by atoms with Crippen LogP contribution in [0.25, 0.3) is 16.5 Å². The van der Waals surface area contributed by atoms with Gasteiger partial charge in [0.2, 0.25) is 0 Å². The number of aliphatic imine (C=N–C) groups is 1. The largest absolute Gasteiger partial charge is 0.450 e. The highest BCUT2D eigenvalue weighted by Gasteiger charge is 2.18. The molecular weight excluding hydrogens is 322 g/mol. The van der Waals surface area contributed by atoms with E-state index in [-0.39, 0.29) is 5.76 Å². The molecule has 0 saturated carbocycles.